The van der Waals surface area contributed by atoms with Gasteiger partial charge in [-0.2, -0.15) is 0 Å². The molecule has 110 valence electrons. The first kappa shape index (κ1) is 14.7. The topological polar surface area (TPSA) is 58.6 Å². The average Bonchev–Trinajstić information content (AvgIpc) is 2.38. The summed E-state index contributed by atoms with van der Waals surface area (Å²) >= 11 is 0. The third kappa shape index (κ3) is 3.44. The molecule has 1 unspecified atom stereocenters. The first-order chi connectivity index (χ1) is 9.41. The number of methoxy groups -OCH3 is 1. The van der Waals surface area contributed by atoms with E-state index >= 15 is 0 Å². The molecule has 20 heavy (non-hydrogen) atoms. The Morgan fingerprint density at radius 2 is 2.20 bits per heavy atom. The highest BCUT2D eigenvalue weighted by Gasteiger charge is 2.29. The van der Waals surface area contributed by atoms with Gasteiger partial charge in [0.25, 0.3) is 5.91 Å². The summed E-state index contributed by atoms with van der Waals surface area (Å²) in [5.74, 6) is 0.319. The van der Waals surface area contributed by atoms with E-state index in [0.717, 1.165) is 19.3 Å². The number of phenols is 1. The predicted octanol–water partition coefficient (Wildman–Crippen LogP) is 3.10. The number of rotatable bonds is 3. The van der Waals surface area contributed by atoms with Crippen molar-refractivity contribution in [1.82, 2.24) is 5.32 Å². The SMILES string of the molecule is COc1ccc(O)c(C(=O)NC2CCCC(C)(C)C2)c1. The molecule has 1 aliphatic rings. The second-order valence-corrected chi connectivity index (χ2v) is 6.31. The fourth-order valence-electron chi connectivity index (χ4n) is 2.91. The maximum absolute atomic E-state index is 12.3. The van der Waals surface area contributed by atoms with Crippen LogP contribution in [-0.4, -0.2) is 24.2 Å². The molecule has 1 saturated carbocycles. The highest BCUT2D eigenvalue weighted by atomic mass is 16.5. The van der Waals surface area contributed by atoms with Gasteiger partial charge in [0.15, 0.2) is 0 Å². The van der Waals surface area contributed by atoms with Crippen LogP contribution < -0.4 is 10.1 Å². The van der Waals surface area contributed by atoms with Crippen LogP contribution in [0.15, 0.2) is 18.2 Å². The number of nitrogens with one attached hydrogen (secondary N) is 1. The van der Waals surface area contributed by atoms with E-state index in [9.17, 15) is 9.90 Å². The van der Waals surface area contributed by atoms with Gasteiger partial charge in [-0.1, -0.05) is 20.3 Å². The average molecular weight is 277 g/mol. The maximum atomic E-state index is 12.3. The summed E-state index contributed by atoms with van der Waals surface area (Å²) in [4.78, 5) is 12.3. The summed E-state index contributed by atoms with van der Waals surface area (Å²) in [6.07, 6.45) is 4.30. The fourth-order valence-corrected chi connectivity index (χ4v) is 2.91. The van der Waals surface area contributed by atoms with Crippen molar-refractivity contribution in [2.24, 2.45) is 5.41 Å². The summed E-state index contributed by atoms with van der Waals surface area (Å²) < 4.78 is 5.09. The van der Waals surface area contributed by atoms with E-state index in [-0.39, 0.29) is 28.7 Å². The Balaban J connectivity index is 2.08. The minimum absolute atomic E-state index is 0.0154. The molecule has 1 aliphatic carbocycles. The minimum Gasteiger partial charge on any atom is -0.507 e. The van der Waals surface area contributed by atoms with Crippen LogP contribution in [0.2, 0.25) is 0 Å². The molecule has 1 atom stereocenters. The van der Waals surface area contributed by atoms with Crippen LogP contribution in [0.1, 0.15) is 49.9 Å². The Hall–Kier alpha value is -1.71. The van der Waals surface area contributed by atoms with E-state index in [1.165, 1.54) is 19.6 Å². The summed E-state index contributed by atoms with van der Waals surface area (Å²) in [6.45, 7) is 4.46. The van der Waals surface area contributed by atoms with Crippen molar-refractivity contribution in [3.05, 3.63) is 23.8 Å². The van der Waals surface area contributed by atoms with Crippen molar-refractivity contribution >= 4 is 5.91 Å². The van der Waals surface area contributed by atoms with Gasteiger partial charge in [0.2, 0.25) is 0 Å². The standard InChI is InChI=1S/C16H23NO3/c1-16(2)8-4-5-11(10-16)17-15(19)13-9-12(20-3)6-7-14(13)18/h6-7,9,11,18H,4-5,8,10H2,1-3H3,(H,17,19). The number of amides is 1. The number of carbonyl (C=O) groups is 1. The molecule has 2 N–H and O–H groups in total. The molecule has 1 amide bonds. The van der Waals surface area contributed by atoms with Crippen molar-refractivity contribution in [3.8, 4) is 11.5 Å². The molecule has 2 rings (SSSR count). The molecule has 1 aromatic carbocycles. The zero-order chi connectivity index (χ0) is 14.8. The van der Waals surface area contributed by atoms with Gasteiger partial charge in [-0.05, 0) is 42.9 Å². The Labute approximate surface area is 120 Å². The molecule has 0 spiro atoms. The zero-order valence-electron chi connectivity index (χ0n) is 12.4. The lowest BCUT2D eigenvalue weighted by Gasteiger charge is -2.35. The molecule has 4 nitrogen and oxygen atoms in total. The summed E-state index contributed by atoms with van der Waals surface area (Å²) in [5.41, 5.74) is 0.542. The second kappa shape index (κ2) is 5.73. The van der Waals surface area contributed by atoms with E-state index in [2.05, 4.69) is 19.2 Å². The largest absolute Gasteiger partial charge is 0.507 e. The van der Waals surface area contributed by atoms with Crippen LogP contribution in [0.4, 0.5) is 0 Å². The quantitative estimate of drug-likeness (QED) is 0.892. The molecule has 0 radical (unpaired) electrons. The van der Waals surface area contributed by atoms with E-state index in [1.807, 2.05) is 0 Å². The Morgan fingerprint density at radius 1 is 1.45 bits per heavy atom. The van der Waals surface area contributed by atoms with Crippen molar-refractivity contribution in [3.63, 3.8) is 0 Å². The Bertz CT molecular complexity index is 496. The molecule has 0 bridgehead atoms. The molecule has 0 heterocycles. The number of hydrogen-bond donors (Lipinski definition) is 2. The van der Waals surface area contributed by atoms with Crippen molar-refractivity contribution in [1.29, 1.82) is 0 Å². The minimum atomic E-state index is -0.232. The first-order valence-corrected chi connectivity index (χ1v) is 7.09. The van der Waals surface area contributed by atoms with Gasteiger partial charge in [-0.3, -0.25) is 4.79 Å². The number of aromatic hydroxyl groups is 1. The van der Waals surface area contributed by atoms with E-state index in [4.69, 9.17) is 4.74 Å². The van der Waals surface area contributed by atoms with Crippen LogP contribution in [0.25, 0.3) is 0 Å². The van der Waals surface area contributed by atoms with Gasteiger partial charge >= 0.3 is 0 Å². The molecule has 1 aromatic rings. The van der Waals surface area contributed by atoms with Crippen LogP contribution in [-0.2, 0) is 0 Å². The molecule has 1 fully saturated rings. The number of phenolic OH excluding ortho intramolecular Hbond substituents is 1. The number of benzene rings is 1. The molecule has 0 saturated heterocycles. The molecule has 0 aromatic heterocycles. The van der Waals surface area contributed by atoms with E-state index < -0.39 is 0 Å². The second-order valence-electron chi connectivity index (χ2n) is 6.31. The van der Waals surface area contributed by atoms with Crippen LogP contribution in [0.3, 0.4) is 0 Å². The highest BCUT2D eigenvalue weighted by molar-refractivity contribution is 5.97. The monoisotopic (exact) mass is 277 g/mol. The van der Waals surface area contributed by atoms with Crippen LogP contribution >= 0.6 is 0 Å². The van der Waals surface area contributed by atoms with E-state index in [1.54, 1.807) is 12.1 Å². The van der Waals surface area contributed by atoms with Gasteiger partial charge in [-0.25, -0.2) is 0 Å². The van der Waals surface area contributed by atoms with Crippen LogP contribution in [0.5, 0.6) is 11.5 Å². The third-order valence-corrected chi connectivity index (χ3v) is 3.99. The van der Waals surface area contributed by atoms with Gasteiger partial charge in [0, 0.05) is 6.04 Å². The Kier molecular flexibility index (Phi) is 4.21. The molecular formula is C16H23NO3. The summed E-state index contributed by atoms with van der Waals surface area (Å²) in [7, 11) is 1.54. The lowest BCUT2D eigenvalue weighted by Crippen LogP contribution is -2.40. The Morgan fingerprint density at radius 3 is 2.85 bits per heavy atom. The maximum Gasteiger partial charge on any atom is 0.255 e. The van der Waals surface area contributed by atoms with E-state index in [0.29, 0.717) is 5.75 Å². The first-order valence-electron chi connectivity index (χ1n) is 7.09. The number of ether oxygens (including phenoxy) is 1. The molecule has 4 heteroatoms. The van der Waals surface area contributed by atoms with Crippen LogP contribution in [0, 0.1) is 5.41 Å². The number of hydrogen-bond acceptors (Lipinski definition) is 3. The van der Waals surface area contributed by atoms with Crippen molar-refractivity contribution in [2.75, 3.05) is 7.11 Å². The van der Waals surface area contributed by atoms with Gasteiger partial charge in [-0.15, -0.1) is 0 Å². The smallest absolute Gasteiger partial charge is 0.255 e. The van der Waals surface area contributed by atoms with Crippen molar-refractivity contribution < 1.29 is 14.6 Å². The lowest BCUT2D eigenvalue weighted by molar-refractivity contribution is 0.0899. The third-order valence-electron chi connectivity index (χ3n) is 3.99. The summed E-state index contributed by atoms with van der Waals surface area (Å²) in [5, 5.41) is 12.8. The summed E-state index contributed by atoms with van der Waals surface area (Å²) in [6, 6.07) is 4.87. The zero-order valence-corrected chi connectivity index (χ0v) is 12.4. The molecular weight excluding hydrogens is 254 g/mol. The predicted molar refractivity (Wildman–Crippen MR) is 78.2 cm³/mol. The normalized spacial score (nSPS) is 21.2. The van der Waals surface area contributed by atoms with Gasteiger partial charge in [0.1, 0.15) is 11.5 Å². The van der Waals surface area contributed by atoms with Gasteiger partial charge in [0.05, 0.1) is 12.7 Å². The highest BCUT2D eigenvalue weighted by Crippen LogP contribution is 2.35. The van der Waals surface area contributed by atoms with Gasteiger partial charge < -0.3 is 15.2 Å². The number of carbonyl (C=O) groups excluding carboxylic acids is 1. The fraction of sp³-hybridized carbons (Fsp3) is 0.562. The molecule has 0 aliphatic heterocycles. The lowest BCUT2D eigenvalue weighted by atomic mass is 9.75. The van der Waals surface area contributed by atoms with Crippen molar-refractivity contribution in [2.45, 2.75) is 45.6 Å².